The average molecular weight is 752 g/mol. The monoisotopic (exact) mass is 752 g/mol. The molecule has 6 N–H and O–H groups in total. The molecule has 0 aromatic heterocycles. The Morgan fingerprint density at radius 1 is 0.642 bits per heavy atom. The summed E-state index contributed by atoms with van der Waals surface area (Å²) in [7, 11) is 0. The van der Waals surface area contributed by atoms with E-state index in [1.807, 2.05) is 0 Å². The maximum atomic E-state index is 12.9. The van der Waals surface area contributed by atoms with Gasteiger partial charge in [0.25, 0.3) is 0 Å². The molecule has 0 bridgehead atoms. The molecule has 0 radical (unpaired) electrons. The Bertz CT molecular complexity index is 925. The van der Waals surface area contributed by atoms with Gasteiger partial charge < -0.3 is 40.3 Å². The number of aliphatic hydroxyl groups is 5. The molecule has 7 atom stereocenters. The average Bonchev–Trinajstić information content (AvgIpc) is 3.16. The highest BCUT2D eigenvalue weighted by molar-refractivity contribution is 5.76. The van der Waals surface area contributed by atoms with E-state index in [2.05, 4.69) is 55.6 Å². The van der Waals surface area contributed by atoms with Crippen molar-refractivity contribution in [1.82, 2.24) is 5.32 Å². The quantitative estimate of drug-likeness (QED) is 0.0279. The standard InChI is InChI=1S/C44H81NO8/c1-3-5-7-9-11-13-15-17-19-21-23-25-27-29-31-33-38(47)37(36-52-44-43(51)42(50)41(49)39(35-46)53-44)45-40(48)34-32-30-28-26-24-22-20-18-16-14-12-10-8-6-4-2/h12,14,18,20,23,25,37-39,41-44,46-47,49-51H,3-11,13,15-17,19,21-22,24,26-36H2,1-2H3,(H,45,48)/b14-12+,20-18+,25-23+/t37-,38+,39+,41+,42?,43?,44+/m0/s1. The van der Waals surface area contributed by atoms with Crippen molar-refractivity contribution in [2.24, 2.45) is 0 Å². The number of hydrogen-bond acceptors (Lipinski definition) is 8. The predicted molar refractivity (Wildman–Crippen MR) is 216 cm³/mol. The Morgan fingerprint density at radius 3 is 1.68 bits per heavy atom. The van der Waals surface area contributed by atoms with Crippen LogP contribution in [-0.4, -0.2) is 87.5 Å². The van der Waals surface area contributed by atoms with Crippen LogP contribution < -0.4 is 5.32 Å². The van der Waals surface area contributed by atoms with Crippen LogP contribution in [0, 0.1) is 0 Å². The first-order chi connectivity index (χ1) is 25.8. The van der Waals surface area contributed by atoms with Crippen LogP contribution in [0.5, 0.6) is 0 Å². The van der Waals surface area contributed by atoms with Crippen molar-refractivity contribution in [3.05, 3.63) is 36.5 Å². The zero-order valence-corrected chi connectivity index (χ0v) is 33.8. The van der Waals surface area contributed by atoms with Crippen molar-refractivity contribution in [2.75, 3.05) is 13.2 Å². The van der Waals surface area contributed by atoms with E-state index in [9.17, 15) is 30.3 Å². The molecule has 1 heterocycles. The fraction of sp³-hybridized carbons (Fsp3) is 0.841. The first-order valence-electron chi connectivity index (χ1n) is 21.7. The number of aliphatic hydroxyl groups excluding tert-OH is 5. The lowest BCUT2D eigenvalue weighted by Crippen LogP contribution is -2.60. The number of carbonyl (C=O) groups excluding carboxylic acids is 1. The Morgan fingerprint density at radius 2 is 1.11 bits per heavy atom. The van der Waals surface area contributed by atoms with E-state index in [0.29, 0.717) is 12.8 Å². The third kappa shape index (κ3) is 26.0. The van der Waals surface area contributed by atoms with Crippen LogP contribution in [0.4, 0.5) is 0 Å². The molecule has 0 spiro atoms. The summed E-state index contributed by atoms with van der Waals surface area (Å²) in [6, 6.07) is -0.741. The lowest BCUT2D eigenvalue weighted by molar-refractivity contribution is -0.302. The minimum absolute atomic E-state index is 0.156. The van der Waals surface area contributed by atoms with E-state index >= 15 is 0 Å². The van der Waals surface area contributed by atoms with Crippen molar-refractivity contribution in [3.8, 4) is 0 Å². The van der Waals surface area contributed by atoms with Crippen LogP contribution in [0.15, 0.2) is 36.5 Å². The summed E-state index contributed by atoms with van der Waals surface area (Å²) < 4.78 is 11.2. The Labute approximate surface area is 323 Å². The summed E-state index contributed by atoms with van der Waals surface area (Å²) >= 11 is 0. The highest BCUT2D eigenvalue weighted by Crippen LogP contribution is 2.23. The number of allylic oxidation sites excluding steroid dienone is 6. The number of hydrogen-bond donors (Lipinski definition) is 6. The molecule has 1 saturated heterocycles. The van der Waals surface area contributed by atoms with Crippen LogP contribution in [-0.2, 0) is 14.3 Å². The molecule has 9 heteroatoms. The van der Waals surface area contributed by atoms with Gasteiger partial charge in [0.15, 0.2) is 6.29 Å². The van der Waals surface area contributed by atoms with Gasteiger partial charge in [0.2, 0.25) is 5.91 Å². The zero-order valence-electron chi connectivity index (χ0n) is 33.8. The fourth-order valence-corrected chi connectivity index (χ4v) is 6.65. The largest absolute Gasteiger partial charge is 0.394 e. The van der Waals surface area contributed by atoms with Gasteiger partial charge in [-0.3, -0.25) is 4.79 Å². The normalized spacial score (nSPS) is 22.0. The molecule has 1 aliphatic rings. The van der Waals surface area contributed by atoms with Crippen molar-refractivity contribution in [1.29, 1.82) is 0 Å². The van der Waals surface area contributed by atoms with Gasteiger partial charge in [-0.2, -0.15) is 0 Å². The first kappa shape index (κ1) is 49.4. The van der Waals surface area contributed by atoms with Crippen LogP contribution in [0.3, 0.4) is 0 Å². The topological polar surface area (TPSA) is 149 Å². The number of ether oxygens (including phenoxy) is 2. The molecule has 1 fully saturated rings. The number of nitrogens with one attached hydrogen (secondary N) is 1. The predicted octanol–water partition coefficient (Wildman–Crippen LogP) is 8.50. The molecule has 1 rings (SSSR count). The molecule has 1 aliphatic heterocycles. The van der Waals surface area contributed by atoms with Crippen molar-refractivity contribution in [2.45, 2.75) is 224 Å². The minimum Gasteiger partial charge on any atom is -0.394 e. The van der Waals surface area contributed by atoms with Crippen LogP contribution in [0.1, 0.15) is 181 Å². The van der Waals surface area contributed by atoms with Gasteiger partial charge in [-0.05, 0) is 70.6 Å². The molecule has 0 aromatic rings. The summed E-state index contributed by atoms with van der Waals surface area (Å²) in [5.74, 6) is -0.170. The second-order valence-electron chi connectivity index (χ2n) is 15.1. The van der Waals surface area contributed by atoms with E-state index in [0.717, 1.165) is 70.6 Å². The van der Waals surface area contributed by atoms with Crippen molar-refractivity contribution >= 4 is 5.91 Å². The SMILES string of the molecule is CCCCC/C=C/C/C=C/CCCCCCCC(=O)N[C@@H](CO[C@@H]1O[C@H](CO)[C@@H](O)C(O)C1O)[C@H](O)CCCC/C=C/CCCCCCCCCCC. The van der Waals surface area contributed by atoms with Crippen molar-refractivity contribution in [3.63, 3.8) is 0 Å². The lowest BCUT2D eigenvalue weighted by atomic mass is 9.99. The molecule has 0 saturated carbocycles. The Balaban J connectivity index is 2.40. The summed E-state index contributed by atoms with van der Waals surface area (Å²) in [4.78, 5) is 12.9. The number of carbonyl (C=O) groups is 1. The van der Waals surface area contributed by atoms with E-state index in [1.54, 1.807) is 0 Å². The van der Waals surface area contributed by atoms with Crippen molar-refractivity contribution < 1.29 is 39.8 Å². The van der Waals surface area contributed by atoms with Gasteiger partial charge in [-0.15, -0.1) is 0 Å². The Hall–Kier alpha value is -1.59. The lowest BCUT2D eigenvalue weighted by Gasteiger charge is -2.40. The van der Waals surface area contributed by atoms with E-state index in [-0.39, 0.29) is 12.5 Å². The molecular weight excluding hydrogens is 670 g/mol. The van der Waals surface area contributed by atoms with Crippen LogP contribution in [0.2, 0.25) is 0 Å². The number of rotatable bonds is 35. The maximum Gasteiger partial charge on any atom is 0.220 e. The van der Waals surface area contributed by atoms with Crippen LogP contribution in [0.25, 0.3) is 0 Å². The third-order valence-corrected chi connectivity index (χ3v) is 10.2. The molecule has 1 amide bonds. The molecular formula is C44H81NO8. The summed E-state index contributed by atoms with van der Waals surface area (Å²) in [6.45, 7) is 3.76. The molecule has 2 unspecified atom stereocenters. The van der Waals surface area contributed by atoms with Gasteiger partial charge in [-0.25, -0.2) is 0 Å². The number of unbranched alkanes of at least 4 members (excludes halogenated alkanes) is 19. The maximum absolute atomic E-state index is 12.9. The van der Waals surface area contributed by atoms with Gasteiger partial charge >= 0.3 is 0 Å². The molecule has 0 aromatic carbocycles. The molecule has 53 heavy (non-hydrogen) atoms. The summed E-state index contributed by atoms with van der Waals surface area (Å²) in [5.41, 5.74) is 0. The Kier molecular flexibility index (Phi) is 32.5. The molecule has 310 valence electrons. The summed E-state index contributed by atoms with van der Waals surface area (Å²) in [5, 5.41) is 54.2. The first-order valence-corrected chi connectivity index (χ1v) is 21.7. The highest BCUT2D eigenvalue weighted by Gasteiger charge is 2.44. The molecule has 0 aliphatic carbocycles. The van der Waals surface area contributed by atoms with E-state index in [4.69, 9.17) is 9.47 Å². The second kappa shape index (κ2) is 34.9. The smallest absolute Gasteiger partial charge is 0.220 e. The number of amides is 1. The zero-order chi connectivity index (χ0) is 38.8. The fourth-order valence-electron chi connectivity index (χ4n) is 6.65. The van der Waals surface area contributed by atoms with Crippen LogP contribution >= 0.6 is 0 Å². The second-order valence-corrected chi connectivity index (χ2v) is 15.1. The summed E-state index contributed by atoms with van der Waals surface area (Å²) in [6.07, 6.45) is 34.3. The third-order valence-electron chi connectivity index (χ3n) is 10.2. The van der Waals surface area contributed by atoms with Gasteiger partial charge in [-0.1, -0.05) is 140 Å². The van der Waals surface area contributed by atoms with E-state index in [1.165, 1.54) is 83.5 Å². The van der Waals surface area contributed by atoms with Gasteiger partial charge in [0, 0.05) is 6.42 Å². The highest BCUT2D eigenvalue weighted by atomic mass is 16.7. The van der Waals surface area contributed by atoms with E-state index < -0.39 is 49.5 Å². The molecule has 9 nitrogen and oxygen atoms in total. The minimum atomic E-state index is -1.56. The van der Waals surface area contributed by atoms with Gasteiger partial charge in [0.1, 0.15) is 24.4 Å². The van der Waals surface area contributed by atoms with Gasteiger partial charge in [0.05, 0.1) is 25.4 Å².